The standard InChI is InChI=1S/C16H11FN2O2/c1-9-2-4-13-11(6-9)12(16(20)21)7-15(19-13)14-5-3-10(17)8-18-14/h2-8H,1H3,(H,20,21). The minimum Gasteiger partial charge on any atom is -0.478 e. The third-order valence-corrected chi connectivity index (χ3v) is 3.18. The summed E-state index contributed by atoms with van der Waals surface area (Å²) < 4.78 is 12.9. The van der Waals surface area contributed by atoms with E-state index >= 15 is 0 Å². The first-order chi connectivity index (χ1) is 10.0. The van der Waals surface area contributed by atoms with E-state index in [1.54, 1.807) is 12.1 Å². The lowest BCUT2D eigenvalue weighted by molar-refractivity contribution is 0.0699. The molecule has 0 spiro atoms. The highest BCUT2D eigenvalue weighted by Crippen LogP contribution is 2.24. The molecule has 0 bridgehead atoms. The van der Waals surface area contributed by atoms with Crippen LogP contribution < -0.4 is 0 Å². The summed E-state index contributed by atoms with van der Waals surface area (Å²) in [5.74, 6) is -1.48. The molecule has 3 rings (SSSR count). The number of carboxylic acid groups (broad SMARTS) is 1. The van der Waals surface area contributed by atoms with Gasteiger partial charge in [0.2, 0.25) is 0 Å². The van der Waals surface area contributed by atoms with E-state index in [1.165, 1.54) is 18.2 Å². The van der Waals surface area contributed by atoms with E-state index in [9.17, 15) is 14.3 Å². The Hall–Kier alpha value is -2.82. The number of carboxylic acids is 1. The van der Waals surface area contributed by atoms with Gasteiger partial charge in [0.05, 0.1) is 28.7 Å². The van der Waals surface area contributed by atoms with Gasteiger partial charge in [0.1, 0.15) is 5.82 Å². The number of aromatic nitrogens is 2. The van der Waals surface area contributed by atoms with Gasteiger partial charge in [-0.25, -0.2) is 14.2 Å². The average molecular weight is 282 g/mol. The Labute approximate surface area is 119 Å². The SMILES string of the molecule is Cc1ccc2nc(-c3ccc(F)cn3)cc(C(=O)O)c2c1. The topological polar surface area (TPSA) is 63.1 Å². The lowest BCUT2D eigenvalue weighted by Crippen LogP contribution is -2.01. The zero-order valence-corrected chi connectivity index (χ0v) is 11.2. The van der Waals surface area contributed by atoms with Crippen LogP contribution >= 0.6 is 0 Å². The second-order valence-corrected chi connectivity index (χ2v) is 4.74. The molecule has 0 aliphatic rings. The maximum atomic E-state index is 12.9. The van der Waals surface area contributed by atoms with Crippen molar-refractivity contribution < 1.29 is 14.3 Å². The quantitative estimate of drug-likeness (QED) is 0.782. The van der Waals surface area contributed by atoms with Crippen molar-refractivity contribution in [2.45, 2.75) is 6.92 Å². The van der Waals surface area contributed by atoms with Gasteiger partial charge in [-0.15, -0.1) is 0 Å². The number of hydrogen-bond acceptors (Lipinski definition) is 3. The number of pyridine rings is 2. The molecule has 0 unspecified atom stereocenters. The lowest BCUT2D eigenvalue weighted by atomic mass is 10.0. The molecule has 0 aliphatic carbocycles. The summed E-state index contributed by atoms with van der Waals surface area (Å²) in [6, 6.07) is 9.62. The van der Waals surface area contributed by atoms with Crippen molar-refractivity contribution in [3.8, 4) is 11.4 Å². The molecule has 0 atom stereocenters. The van der Waals surface area contributed by atoms with Crippen molar-refractivity contribution in [2.24, 2.45) is 0 Å². The Balaban J connectivity index is 2.28. The van der Waals surface area contributed by atoms with E-state index in [1.807, 2.05) is 13.0 Å². The Morgan fingerprint density at radius 3 is 2.62 bits per heavy atom. The number of benzene rings is 1. The van der Waals surface area contributed by atoms with Crippen LogP contribution in [0, 0.1) is 12.7 Å². The van der Waals surface area contributed by atoms with Gasteiger partial charge in [-0.05, 0) is 37.3 Å². The highest BCUT2D eigenvalue weighted by Gasteiger charge is 2.13. The van der Waals surface area contributed by atoms with E-state index in [2.05, 4.69) is 9.97 Å². The average Bonchev–Trinajstić information content (AvgIpc) is 2.46. The van der Waals surface area contributed by atoms with Crippen molar-refractivity contribution in [3.05, 3.63) is 59.5 Å². The van der Waals surface area contributed by atoms with Crippen molar-refractivity contribution in [1.29, 1.82) is 0 Å². The van der Waals surface area contributed by atoms with Crippen LogP contribution in [0.3, 0.4) is 0 Å². The van der Waals surface area contributed by atoms with Crippen molar-refractivity contribution in [1.82, 2.24) is 9.97 Å². The van der Waals surface area contributed by atoms with Crippen LogP contribution in [0.2, 0.25) is 0 Å². The van der Waals surface area contributed by atoms with Crippen LogP contribution in [0.15, 0.2) is 42.6 Å². The Bertz CT molecular complexity index is 845. The predicted molar refractivity (Wildman–Crippen MR) is 76.6 cm³/mol. The van der Waals surface area contributed by atoms with Gasteiger partial charge in [0, 0.05) is 5.39 Å². The van der Waals surface area contributed by atoms with Crippen molar-refractivity contribution in [2.75, 3.05) is 0 Å². The summed E-state index contributed by atoms with van der Waals surface area (Å²) in [5, 5.41) is 9.96. The van der Waals surface area contributed by atoms with Gasteiger partial charge < -0.3 is 5.11 Å². The zero-order chi connectivity index (χ0) is 15.0. The van der Waals surface area contributed by atoms with Gasteiger partial charge in [0.25, 0.3) is 0 Å². The second kappa shape index (κ2) is 4.94. The first kappa shape index (κ1) is 13.2. The number of nitrogens with zero attached hydrogens (tertiary/aromatic N) is 2. The molecular weight excluding hydrogens is 271 g/mol. The van der Waals surface area contributed by atoms with Gasteiger partial charge in [0.15, 0.2) is 0 Å². The number of carbonyl (C=O) groups is 1. The van der Waals surface area contributed by atoms with Crippen molar-refractivity contribution >= 4 is 16.9 Å². The summed E-state index contributed by atoms with van der Waals surface area (Å²) in [5.41, 5.74) is 2.52. The predicted octanol–water partition coefficient (Wildman–Crippen LogP) is 3.44. The fourth-order valence-corrected chi connectivity index (χ4v) is 2.18. The molecule has 1 aromatic carbocycles. The summed E-state index contributed by atoms with van der Waals surface area (Å²) in [7, 11) is 0. The molecule has 4 nitrogen and oxygen atoms in total. The second-order valence-electron chi connectivity index (χ2n) is 4.74. The number of hydrogen-bond donors (Lipinski definition) is 1. The maximum absolute atomic E-state index is 12.9. The molecule has 0 saturated carbocycles. The van der Waals surface area contributed by atoms with Gasteiger partial charge >= 0.3 is 5.97 Å². The number of aromatic carboxylic acids is 1. The van der Waals surface area contributed by atoms with Crippen molar-refractivity contribution in [3.63, 3.8) is 0 Å². The normalized spacial score (nSPS) is 10.8. The smallest absolute Gasteiger partial charge is 0.336 e. The van der Waals surface area contributed by atoms with Crippen LogP contribution in [-0.2, 0) is 0 Å². The molecule has 0 aliphatic heterocycles. The minimum absolute atomic E-state index is 0.157. The third kappa shape index (κ3) is 2.45. The van der Waals surface area contributed by atoms with Crippen LogP contribution in [0.5, 0.6) is 0 Å². The number of rotatable bonds is 2. The van der Waals surface area contributed by atoms with E-state index in [0.717, 1.165) is 11.8 Å². The number of aryl methyl sites for hydroxylation is 1. The molecular formula is C16H11FN2O2. The van der Waals surface area contributed by atoms with Gasteiger partial charge in [-0.3, -0.25) is 4.98 Å². The van der Waals surface area contributed by atoms with E-state index < -0.39 is 11.8 Å². The molecule has 2 aromatic heterocycles. The number of halogens is 1. The third-order valence-electron chi connectivity index (χ3n) is 3.18. The van der Waals surface area contributed by atoms with Crippen LogP contribution in [0.1, 0.15) is 15.9 Å². The van der Waals surface area contributed by atoms with Crippen LogP contribution in [0.25, 0.3) is 22.3 Å². The fourth-order valence-electron chi connectivity index (χ4n) is 2.18. The largest absolute Gasteiger partial charge is 0.478 e. The highest BCUT2D eigenvalue weighted by atomic mass is 19.1. The molecule has 5 heteroatoms. The first-order valence-corrected chi connectivity index (χ1v) is 6.31. The Morgan fingerprint density at radius 1 is 1.14 bits per heavy atom. The monoisotopic (exact) mass is 282 g/mol. The lowest BCUT2D eigenvalue weighted by Gasteiger charge is -2.07. The number of fused-ring (bicyclic) bond motifs is 1. The Morgan fingerprint density at radius 2 is 1.95 bits per heavy atom. The zero-order valence-electron chi connectivity index (χ0n) is 11.2. The summed E-state index contributed by atoms with van der Waals surface area (Å²) in [6.45, 7) is 1.89. The van der Waals surface area contributed by atoms with E-state index in [-0.39, 0.29) is 5.56 Å². The fraction of sp³-hybridized carbons (Fsp3) is 0.0625. The molecule has 1 N–H and O–H groups in total. The van der Waals surface area contributed by atoms with Gasteiger partial charge in [-0.2, -0.15) is 0 Å². The molecule has 0 saturated heterocycles. The van der Waals surface area contributed by atoms with E-state index in [4.69, 9.17) is 0 Å². The minimum atomic E-state index is -1.03. The Kier molecular flexibility index (Phi) is 3.10. The molecule has 2 heterocycles. The maximum Gasteiger partial charge on any atom is 0.336 e. The summed E-state index contributed by atoms with van der Waals surface area (Å²) in [6.07, 6.45) is 1.08. The molecule has 3 aromatic rings. The summed E-state index contributed by atoms with van der Waals surface area (Å²) >= 11 is 0. The molecule has 21 heavy (non-hydrogen) atoms. The summed E-state index contributed by atoms with van der Waals surface area (Å²) in [4.78, 5) is 19.8. The molecule has 104 valence electrons. The highest BCUT2D eigenvalue weighted by molar-refractivity contribution is 6.03. The molecule has 0 radical (unpaired) electrons. The first-order valence-electron chi connectivity index (χ1n) is 6.31. The van der Waals surface area contributed by atoms with E-state index in [0.29, 0.717) is 22.3 Å². The van der Waals surface area contributed by atoms with Crippen LogP contribution in [0.4, 0.5) is 4.39 Å². The van der Waals surface area contributed by atoms with Crippen LogP contribution in [-0.4, -0.2) is 21.0 Å². The molecule has 0 fully saturated rings. The molecule has 0 amide bonds. The van der Waals surface area contributed by atoms with Gasteiger partial charge in [-0.1, -0.05) is 11.6 Å².